The number of thioether (sulfide) groups is 1. The molecule has 0 atom stereocenters. The minimum absolute atomic E-state index is 0.0300. The van der Waals surface area contributed by atoms with Crippen molar-refractivity contribution in [2.24, 2.45) is 0 Å². The molecule has 0 saturated carbocycles. The highest BCUT2D eigenvalue weighted by Gasteiger charge is 2.15. The van der Waals surface area contributed by atoms with E-state index in [0.717, 1.165) is 5.56 Å². The van der Waals surface area contributed by atoms with Gasteiger partial charge in [-0.1, -0.05) is 62.0 Å². The minimum Gasteiger partial charge on any atom is -0.496 e. The van der Waals surface area contributed by atoms with Gasteiger partial charge in [0.25, 0.3) is 11.1 Å². The molecular formula is C20H20N2O3S. The van der Waals surface area contributed by atoms with Crippen LogP contribution in [-0.4, -0.2) is 28.8 Å². The molecule has 0 N–H and O–H groups in total. The molecule has 0 saturated heterocycles. The number of Topliss-reactive ketones (excluding diaryl/α,β-unsaturated/α-hetero) is 1. The number of para-hydroxylation sites is 1. The standard InChI is InChI=1S/C20H20N2O3S/c1-13(2)14-8-10-15(11-9-14)17(23)12-26-20-22-21-19(25-20)16-6-4-5-7-18(16)24-3/h4-11,13H,12H2,1-3H3. The quantitative estimate of drug-likeness (QED) is 0.439. The van der Waals surface area contributed by atoms with Crippen molar-refractivity contribution < 1.29 is 13.9 Å². The number of methoxy groups -OCH3 is 1. The molecule has 0 aliphatic carbocycles. The third-order valence-corrected chi connectivity index (χ3v) is 4.79. The Bertz CT molecular complexity index is 888. The Hall–Kier alpha value is -2.60. The van der Waals surface area contributed by atoms with Gasteiger partial charge in [-0.05, 0) is 23.6 Å². The van der Waals surface area contributed by atoms with E-state index >= 15 is 0 Å². The van der Waals surface area contributed by atoms with Crippen LogP contribution in [0.1, 0.15) is 35.7 Å². The second-order valence-electron chi connectivity index (χ2n) is 6.06. The lowest BCUT2D eigenvalue weighted by molar-refractivity contribution is 0.102. The van der Waals surface area contributed by atoms with Gasteiger partial charge in [-0.3, -0.25) is 4.79 Å². The van der Waals surface area contributed by atoms with Crippen LogP contribution in [-0.2, 0) is 0 Å². The fraction of sp³-hybridized carbons (Fsp3) is 0.250. The third kappa shape index (κ3) is 4.14. The molecule has 6 heteroatoms. The Kier molecular flexibility index (Phi) is 5.73. The zero-order valence-corrected chi connectivity index (χ0v) is 15.7. The van der Waals surface area contributed by atoms with Gasteiger partial charge in [0.05, 0.1) is 18.4 Å². The molecule has 0 radical (unpaired) electrons. The van der Waals surface area contributed by atoms with E-state index in [2.05, 4.69) is 24.0 Å². The van der Waals surface area contributed by atoms with Crippen molar-refractivity contribution in [1.82, 2.24) is 10.2 Å². The maximum Gasteiger partial charge on any atom is 0.277 e. The van der Waals surface area contributed by atoms with Crippen molar-refractivity contribution in [3.63, 3.8) is 0 Å². The Balaban J connectivity index is 1.65. The highest BCUT2D eigenvalue weighted by atomic mass is 32.2. The molecule has 3 aromatic rings. The van der Waals surface area contributed by atoms with Crippen LogP contribution in [0, 0.1) is 0 Å². The number of ketones is 1. The van der Waals surface area contributed by atoms with Gasteiger partial charge in [0.2, 0.25) is 0 Å². The molecule has 0 amide bonds. The van der Waals surface area contributed by atoms with Gasteiger partial charge in [0.1, 0.15) is 5.75 Å². The largest absolute Gasteiger partial charge is 0.496 e. The topological polar surface area (TPSA) is 65.2 Å². The summed E-state index contributed by atoms with van der Waals surface area (Å²) in [5, 5.41) is 8.42. The minimum atomic E-state index is 0.0300. The lowest BCUT2D eigenvalue weighted by atomic mass is 10.0. The molecule has 0 aliphatic rings. The van der Waals surface area contributed by atoms with Gasteiger partial charge in [-0.15, -0.1) is 10.2 Å². The summed E-state index contributed by atoms with van der Waals surface area (Å²) < 4.78 is 11.0. The van der Waals surface area contributed by atoms with E-state index in [4.69, 9.17) is 9.15 Å². The molecule has 0 bridgehead atoms. The average Bonchev–Trinajstić information content (AvgIpc) is 3.15. The molecule has 0 aliphatic heterocycles. The zero-order valence-electron chi connectivity index (χ0n) is 14.9. The molecule has 5 nitrogen and oxygen atoms in total. The van der Waals surface area contributed by atoms with Crippen LogP contribution < -0.4 is 4.74 Å². The molecule has 134 valence electrons. The highest BCUT2D eigenvalue weighted by molar-refractivity contribution is 7.99. The number of hydrogen-bond acceptors (Lipinski definition) is 6. The van der Waals surface area contributed by atoms with E-state index in [1.165, 1.54) is 17.3 Å². The van der Waals surface area contributed by atoms with Crippen molar-refractivity contribution in [3.05, 3.63) is 59.7 Å². The summed E-state index contributed by atoms with van der Waals surface area (Å²) in [6, 6.07) is 15.2. The van der Waals surface area contributed by atoms with Crippen LogP contribution in [0.25, 0.3) is 11.5 Å². The summed E-state index contributed by atoms with van der Waals surface area (Å²) in [7, 11) is 1.59. The van der Waals surface area contributed by atoms with Gasteiger partial charge < -0.3 is 9.15 Å². The normalized spacial score (nSPS) is 10.9. The molecule has 1 aromatic heterocycles. The smallest absolute Gasteiger partial charge is 0.277 e. The maximum atomic E-state index is 12.3. The summed E-state index contributed by atoms with van der Waals surface area (Å²) in [5.74, 6) is 1.75. The Morgan fingerprint density at radius 2 is 1.85 bits per heavy atom. The molecule has 3 rings (SSSR count). The van der Waals surface area contributed by atoms with E-state index in [1.807, 2.05) is 48.5 Å². The summed E-state index contributed by atoms with van der Waals surface area (Å²) in [6.45, 7) is 4.25. The number of aromatic nitrogens is 2. The van der Waals surface area contributed by atoms with E-state index in [9.17, 15) is 4.79 Å². The van der Waals surface area contributed by atoms with Gasteiger partial charge in [-0.2, -0.15) is 0 Å². The number of benzene rings is 2. The van der Waals surface area contributed by atoms with E-state index < -0.39 is 0 Å². The van der Waals surface area contributed by atoms with E-state index in [0.29, 0.717) is 28.3 Å². The highest BCUT2D eigenvalue weighted by Crippen LogP contribution is 2.30. The first kappa shape index (κ1) is 18.2. The van der Waals surface area contributed by atoms with Gasteiger partial charge in [0.15, 0.2) is 5.78 Å². The van der Waals surface area contributed by atoms with Crippen molar-refractivity contribution in [1.29, 1.82) is 0 Å². The number of carbonyl (C=O) groups is 1. The van der Waals surface area contributed by atoms with Crippen molar-refractivity contribution in [3.8, 4) is 17.2 Å². The van der Waals surface area contributed by atoms with Crippen molar-refractivity contribution >= 4 is 17.5 Å². The SMILES string of the molecule is COc1ccccc1-c1nnc(SCC(=O)c2ccc(C(C)C)cc2)o1. The maximum absolute atomic E-state index is 12.3. The molecule has 0 unspecified atom stereocenters. The first-order valence-electron chi connectivity index (χ1n) is 8.31. The summed E-state index contributed by atoms with van der Waals surface area (Å²) >= 11 is 1.23. The Morgan fingerprint density at radius 3 is 2.54 bits per heavy atom. The van der Waals surface area contributed by atoms with Crippen LogP contribution in [0.3, 0.4) is 0 Å². The lowest BCUT2D eigenvalue weighted by Gasteiger charge is -2.05. The number of rotatable bonds is 7. The molecule has 2 aromatic carbocycles. The number of carbonyl (C=O) groups excluding carboxylic acids is 1. The predicted octanol–water partition coefficient (Wildman–Crippen LogP) is 4.84. The summed E-state index contributed by atoms with van der Waals surface area (Å²) in [6.07, 6.45) is 0. The second kappa shape index (κ2) is 8.19. The first-order chi connectivity index (χ1) is 12.6. The fourth-order valence-corrected chi connectivity index (χ4v) is 3.12. The van der Waals surface area contributed by atoms with Crippen LogP contribution in [0.5, 0.6) is 5.75 Å². The van der Waals surface area contributed by atoms with Gasteiger partial charge in [-0.25, -0.2) is 0 Å². The second-order valence-corrected chi connectivity index (χ2v) is 6.99. The van der Waals surface area contributed by atoms with E-state index in [1.54, 1.807) is 7.11 Å². The third-order valence-electron chi connectivity index (χ3n) is 3.97. The van der Waals surface area contributed by atoms with Gasteiger partial charge in [0, 0.05) is 5.56 Å². The van der Waals surface area contributed by atoms with Crippen molar-refractivity contribution in [2.45, 2.75) is 25.0 Å². The van der Waals surface area contributed by atoms with E-state index in [-0.39, 0.29) is 11.5 Å². The molecular weight excluding hydrogens is 348 g/mol. The first-order valence-corrected chi connectivity index (χ1v) is 9.30. The zero-order chi connectivity index (χ0) is 18.5. The molecule has 0 spiro atoms. The Labute approximate surface area is 156 Å². The van der Waals surface area contributed by atoms with Crippen LogP contribution in [0.2, 0.25) is 0 Å². The lowest BCUT2D eigenvalue weighted by Crippen LogP contribution is -2.02. The van der Waals surface area contributed by atoms with Gasteiger partial charge >= 0.3 is 0 Å². The summed E-state index contributed by atoms with van der Waals surface area (Å²) in [4.78, 5) is 12.3. The monoisotopic (exact) mass is 368 g/mol. The van der Waals surface area contributed by atoms with Crippen LogP contribution in [0.4, 0.5) is 0 Å². The molecule has 26 heavy (non-hydrogen) atoms. The summed E-state index contributed by atoms with van der Waals surface area (Å²) in [5.41, 5.74) is 2.63. The van der Waals surface area contributed by atoms with Crippen LogP contribution >= 0.6 is 11.8 Å². The number of ether oxygens (including phenoxy) is 1. The number of hydrogen-bond donors (Lipinski definition) is 0. The number of nitrogens with zero attached hydrogens (tertiary/aromatic N) is 2. The van der Waals surface area contributed by atoms with Crippen LogP contribution in [0.15, 0.2) is 58.2 Å². The molecule has 0 fully saturated rings. The van der Waals surface area contributed by atoms with Crippen molar-refractivity contribution in [2.75, 3.05) is 12.9 Å². The Morgan fingerprint density at radius 1 is 1.12 bits per heavy atom. The average molecular weight is 368 g/mol. The molecule has 1 heterocycles. The predicted molar refractivity (Wildman–Crippen MR) is 102 cm³/mol. The fourth-order valence-electron chi connectivity index (χ4n) is 2.46.